The van der Waals surface area contributed by atoms with Crippen LogP contribution in [-0.4, -0.2) is 73.9 Å². The van der Waals surface area contributed by atoms with Crippen LogP contribution in [-0.2, 0) is 27.2 Å². The summed E-state index contributed by atoms with van der Waals surface area (Å²) in [6, 6.07) is 6.65. The van der Waals surface area contributed by atoms with Gasteiger partial charge in [0, 0.05) is 52.2 Å². The Kier molecular flexibility index (Phi) is 5.98. The third-order valence-electron chi connectivity index (χ3n) is 7.35. The Labute approximate surface area is 179 Å². The van der Waals surface area contributed by atoms with Crippen LogP contribution in [0.1, 0.15) is 43.2 Å². The van der Waals surface area contributed by atoms with E-state index in [4.69, 9.17) is 14.2 Å². The highest BCUT2D eigenvalue weighted by Gasteiger charge is 2.41. The van der Waals surface area contributed by atoms with Crippen LogP contribution in [0.15, 0.2) is 18.2 Å². The molecule has 1 spiro atoms. The molecule has 1 unspecified atom stereocenters. The van der Waals surface area contributed by atoms with Crippen molar-refractivity contribution in [1.82, 2.24) is 9.80 Å². The molecular formula is C24H34N2O4. The lowest BCUT2D eigenvalue weighted by Crippen LogP contribution is -2.50. The standard InChI is InChI=1S/C24H34N2O4/c27-23(26-9-13-28-14-10-26)16-19-3-12-30-24(17-19)5-7-25(8-6-24)18-20-1-2-22-21(15-20)4-11-29-22/h1-2,15,19H,3-14,16-18H2. The number of hydrogen-bond acceptors (Lipinski definition) is 5. The molecule has 1 atom stereocenters. The molecule has 0 radical (unpaired) electrons. The van der Waals surface area contributed by atoms with Crippen molar-refractivity contribution in [3.63, 3.8) is 0 Å². The molecule has 1 aromatic carbocycles. The van der Waals surface area contributed by atoms with Crippen LogP contribution in [0.5, 0.6) is 5.75 Å². The van der Waals surface area contributed by atoms with E-state index in [1.54, 1.807) is 0 Å². The monoisotopic (exact) mass is 414 g/mol. The zero-order chi connectivity index (χ0) is 20.4. The molecule has 5 rings (SSSR count). The van der Waals surface area contributed by atoms with Gasteiger partial charge in [0.2, 0.25) is 5.91 Å². The normalized spacial score (nSPS) is 26.4. The Morgan fingerprint density at radius 1 is 1.07 bits per heavy atom. The number of benzene rings is 1. The number of amides is 1. The second-order valence-corrected chi connectivity index (χ2v) is 9.40. The first-order valence-corrected chi connectivity index (χ1v) is 11.7. The quantitative estimate of drug-likeness (QED) is 0.758. The van der Waals surface area contributed by atoms with Crippen molar-refractivity contribution in [2.24, 2.45) is 5.92 Å². The van der Waals surface area contributed by atoms with Crippen LogP contribution in [0.2, 0.25) is 0 Å². The molecule has 3 fully saturated rings. The maximum absolute atomic E-state index is 12.7. The molecule has 30 heavy (non-hydrogen) atoms. The second kappa shape index (κ2) is 8.85. The fourth-order valence-corrected chi connectivity index (χ4v) is 5.56. The van der Waals surface area contributed by atoms with Crippen molar-refractivity contribution in [3.05, 3.63) is 29.3 Å². The van der Waals surface area contributed by atoms with E-state index < -0.39 is 0 Å². The van der Waals surface area contributed by atoms with E-state index in [0.29, 0.717) is 31.5 Å². The molecule has 6 nitrogen and oxygen atoms in total. The molecule has 0 aliphatic carbocycles. The Hall–Kier alpha value is -1.63. The molecule has 3 saturated heterocycles. The van der Waals surface area contributed by atoms with Crippen molar-refractivity contribution < 1.29 is 19.0 Å². The van der Waals surface area contributed by atoms with Crippen molar-refractivity contribution in [2.45, 2.75) is 50.7 Å². The molecule has 4 aliphatic rings. The lowest BCUT2D eigenvalue weighted by atomic mass is 9.78. The molecule has 0 bridgehead atoms. The first-order valence-electron chi connectivity index (χ1n) is 11.7. The molecule has 4 heterocycles. The van der Waals surface area contributed by atoms with Crippen LogP contribution in [0.3, 0.4) is 0 Å². The Morgan fingerprint density at radius 3 is 2.73 bits per heavy atom. The van der Waals surface area contributed by atoms with Gasteiger partial charge in [0.05, 0.1) is 25.4 Å². The van der Waals surface area contributed by atoms with Gasteiger partial charge in [-0.1, -0.05) is 12.1 Å². The number of hydrogen-bond donors (Lipinski definition) is 0. The predicted octanol–water partition coefficient (Wildman–Crippen LogP) is 2.63. The summed E-state index contributed by atoms with van der Waals surface area (Å²) in [5.41, 5.74) is 2.72. The minimum atomic E-state index is -0.0174. The van der Waals surface area contributed by atoms with Crippen molar-refractivity contribution in [1.29, 1.82) is 0 Å². The highest BCUT2D eigenvalue weighted by molar-refractivity contribution is 5.76. The van der Waals surface area contributed by atoms with Crippen LogP contribution in [0.25, 0.3) is 0 Å². The first-order chi connectivity index (χ1) is 14.7. The zero-order valence-corrected chi connectivity index (χ0v) is 17.9. The number of rotatable bonds is 4. The Balaban J connectivity index is 1.12. The van der Waals surface area contributed by atoms with E-state index in [9.17, 15) is 4.79 Å². The van der Waals surface area contributed by atoms with E-state index in [2.05, 4.69) is 23.1 Å². The first kappa shape index (κ1) is 20.3. The van der Waals surface area contributed by atoms with Crippen molar-refractivity contribution in [3.8, 4) is 5.75 Å². The van der Waals surface area contributed by atoms with Gasteiger partial charge in [0.1, 0.15) is 5.75 Å². The van der Waals surface area contributed by atoms with Gasteiger partial charge in [-0.15, -0.1) is 0 Å². The number of carbonyl (C=O) groups is 1. The summed E-state index contributed by atoms with van der Waals surface area (Å²) < 4.78 is 17.3. The fourth-order valence-electron chi connectivity index (χ4n) is 5.56. The van der Waals surface area contributed by atoms with E-state index in [1.165, 1.54) is 11.1 Å². The van der Waals surface area contributed by atoms with Crippen molar-refractivity contribution in [2.75, 3.05) is 52.6 Å². The van der Waals surface area contributed by atoms with Gasteiger partial charge in [0.15, 0.2) is 0 Å². The Morgan fingerprint density at radius 2 is 1.90 bits per heavy atom. The van der Waals surface area contributed by atoms with Gasteiger partial charge in [-0.3, -0.25) is 9.69 Å². The van der Waals surface area contributed by atoms with Crippen molar-refractivity contribution >= 4 is 5.91 Å². The number of likely N-dealkylation sites (tertiary alicyclic amines) is 1. The number of fused-ring (bicyclic) bond motifs is 1. The summed E-state index contributed by atoms with van der Waals surface area (Å²) in [4.78, 5) is 17.2. The largest absolute Gasteiger partial charge is 0.493 e. The van der Waals surface area contributed by atoms with Crippen LogP contribution < -0.4 is 4.74 Å². The number of piperidine rings is 1. The van der Waals surface area contributed by atoms with E-state index in [1.807, 2.05) is 4.90 Å². The van der Waals surface area contributed by atoms with Gasteiger partial charge in [-0.05, 0) is 48.8 Å². The number of ether oxygens (including phenoxy) is 3. The van der Waals surface area contributed by atoms with E-state index in [-0.39, 0.29) is 5.60 Å². The van der Waals surface area contributed by atoms with Crippen LogP contribution in [0, 0.1) is 5.92 Å². The van der Waals surface area contributed by atoms with Gasteiger partial charge in [-0.25, -0.2) is 0 Å². The minimum Gasteiger partial charge on any atom is -0.493 e. The van der Waals surface area contributed by atoms with E-state index >= 15 is 0 Å². The lowest BCUT2D eigenvalue weighted by Gasteiger charge is -2.46. The summed E-state index contributed by atoms with van der Waals surface area (Å²) in [5, 5.41) is 0. The average Bonchev–Trinajstić information content (AvgIpc) is 3.24. The van der Waals surface area contributed by atoms with Gasteiger partial charge < -0.3 is 19.1 Å². The summed E-state index contributed by atoms with van der Waals surface area (Å²) in [6.07, 6.45) is 5.90. The lowest BCUT2D eigenvalue weighted by molar-refractivity contribution is -0.145. The number of nitrogens with zero attached hydrogens (tertiary/aromatic N) is 2. The Bertz CT molecular complexity index is 754. The van der Waals surface area contributed by atoms with Gasteiger partial charge >= 0.3 is 0 Å². The molecule has 1 aromatic rings. The summed E-state index contributed by atoms with van der Waals surface area (Å²) in [5.74, 6) is 1.82. The highest BCUT2D eigenvalue weighted by atomic mass is 16.5. The van der Waals surface area contributed by atoms with Gasteiger partial charge in [-0.2, -0.15) is 0 Å². The van der Waals surface area contributed by atoms with Gasteiger partial charge in [0.25, 0.3) is 0 Å². The number of morpholine rings is 1. The second-order valence-electron chi connectivity index (χ2n) is 9.40. The summed E-state index contributed by atoms with van der Waals surface area (Å²) in [7, 11) is 0. The maximum Gasteiger partial charge on any atom is 0.223 e. The van der Waals surface area contributed by atoms with E-state index in [0.717, 1.165) is 83.8 Å². The van der Waals surface area contributed by atoms with Crippen LogP contribution >= 0.6 is 0 Å². The molecular weight excluding hydrogens is 380 g/mol. The molecule has 164 valence electrons. The highest BCUT2D eigenvalue weighted by Crippen LogP contribution is 2.39. The molecule has 0 N–H and O–H groups in total. The zero-order valence-electron chi connectivity index (χ0n) is 17.9. The average molecular weight is 415 g/mol. The summed E-state index contributed by atoms with van der Waals surface area (Å²) in [6.45, 7) is 7.60. The molecule has 0 saturated carbocycles. The SMILES string of the molecule is O=C(CC1CCOC2(CCN(Cc3ccc4c(c3)CCO4)CC2)C1)N1CCOCC1. The fraction of sp³-hybridized carbons (Fsp3) is 0.708. The van der Waals surface area contributed by atoms with Crippen LogP contribution in [0.4, 0.5) is 0 Å². The molecule has 0 aromatic heterocycles. The summed E-state index contributed by atoms with van der Waals surface area (Å²) >= 11 is 0. The topological polar surface area (TPSA) is 51.2 Å². The molecule has 1 amide bonds. The smallest absolute Gasteiger partial charge is 0.223 e. The number of carbonyl (C=O) groups excluding carboxylic acids is 1. The molecule has 6 heteroatoms. The predicted molar refractivity (Wildman–Crippen MR) is 114 cm³/mol. The molecule has 4 aliphatic heterocycles. The third-order valence-corrected chi connectivity index (χ3v) is 7.35. The third kappa shape index (κ3) is 4.51. The maximum atomic E-state index is 12.7. The minimum absolute atomic E-state index is 0.0174.